The lowest BCUT2D eigenvalue weighted by atomic mass is 10.3. The van der Waals surface area contributed by atoms with Gasteiger partial charge in [0, 0.05) is 11.4 Å². The van der Waals surface area contributed by atoms with E-state index in [4.69, 9.17) is 7.15 Å². The summed E-state index contributed by atoms with van der Waals surface area (Å²) in [6.45, 7) is 0. The molecule has 0 saturated heterocycles. The Kier molecular flexibility index (Phi) is 0.821. The Hall–Kier alpha value is -1.18. The van der Waals surface area contributed by atoms with E-state index in [2.05, 4.69) is 5.73 Å². The van der Waals surface area contributed by atoms with Crippen LogP contribution in [-0.2, 0) is 0 Å². The van der Waals surface area contributed by atoms with Gasteiger partial charge >= 0.3 is 0 Å². The first-order valence-corrected chi connectivity index (χ1v) is 2.36. The molecule has 0 unspecified atom stereocenters. The summed E-state index contributed by atoms with van der Waals surface area (Å²) in [6.07, 6.45) is 0. The first-order chi connectivity index (χ1) is 4.33. The van der Waals surface area contributed by atoms with Gasteiger partial charge in [-0.2, -0.15) is 0 Å². The maximum atomic E-state index is 6.72. The minimum Gasteiger partial charge on any atom is -0.399 e. The number of rotatable bonds is 1. The lowest BCUT2D eigenvalue weighted by Gasteiger charge is -1.90. The molecular formula is C6H8N2. The average Bonchev–Trinajstić information content (AvgIpc) is 1.90. The second kappa shape index (κ2) is 1.74. The average molecular weight is 109 g/mol. The summed E-state index contributed by atoms with van der Waals surface area (Å²) in [7, 11) is 0. The molecule has 42 valence electrons. The SMILES string of the molecule is [2H]Nc1ccc(N)cc1. The van der Waals surface area contributed by atoms with Crippen molar-refractivity contribution in [2.45, 2.75) is 0 Å². The minimum absolute atomic E-state index is 0.717. The molecular weight excluding hydrogens is 100 g/mol. The van der Waals surface area contributed by atoms with Gasteiger partial charge < -0.3 is 11.5 Å². The van der Waals surface area contributed by atoms with E-state index in [9.17, 15) is 0 Å². The highest BCUT2D eigenvalue weighted by Gasteiger charge is 1.80. The number of benzene rings is 1. The molecule has 2 heteroatoms. The Morgan fingerprint density at radius 3 is 2.12 bits per heavy atom. The monoisotopic (exact) mass is 109 g/mol. The van der Waals surface area contributed by atoms with E-state index in [-0.39, 0.29) is 0 Å². The van der Waals surface area contributed by atoms with Crippen molar-refractivity contribution >= 4 is 11.4 Å². The predicted octanol–water partition coefficient (Wildman–Crippen LogP) is 0.851. The molecule has 1 rings (SSSR count). The standard InChI is InChI=1S/C6H8N2/c7-5-1-2-6(8)4-3-5/h1-4H,7-8H2/i/hD. The zero-order chi connectivity index (χ0) is 6.69. The number of anilines is 2. The van der Waals surface area contributed by atoms with Crippen molar-refractivity contribution in [1.82, 2.24) is 0 Å². The van der Waals surface area contributed by atoms with Crippen LogP contribution in [0.5, 0.6) is 0 Å². The van der Waals surface area contributed by atoms with Gasteiger partial charge in [0.15, 0.2) is 1.41 Å². The molecule has 0 spiro atoms. The Labute approximate surface area is 49.6 Å². The van der Waals surface area contributed by atoms with E-state index >= 15 is 0 Å². The van der Waals surface area contributed by atoms with Crippen LogP contribution in [0.3, 0.4) is 0 Å². The summed E-state index contributed by atoms with van der Waals surface area (Å²) < 4.78 is 6.72. The molecule has 0 aliphatic heterocycles. The quantitative estimate of drug-likeness (QED) is 0.525. The van der Waals surface area contributed by atoms with Crippen molar-refractivity contribution in [2.75, 3.05) is 11.5 Å². The second-order valence-corrected chi connectivity index (χ2v) is 1.62. The minimum atomic E-state index is 0.717. The lowest BCUT2D eigenvalue weighted by Crippen LogP contribution is -1.86. The highest BCUT2D eigenvalue weighted by molar-refractivity contribution is 5.47. The van der Waals surface area contributed by atoms with Gasteiger partial charge in [0.05, 0.1) is 0 Å². The molecule has 0 amide bonds. The van der Waals surface area contributed by atoms with E-state index in [0.717, 1.165) is 5.69 Å². The molecule has 0 saturated carbocycles. The van der Waals surface area contributed by atoms with Gasteiger partial charge in [-0.1, -0.05) is 0 Å². The van der Waals surface area contributed by atoms with Crippen molar-refractivity contribution < 1.29 is 1.41 Å². The molecule has 0 radical (unpaired) electrons. The largest absolute Gasteiger partial charge is 0.399 e. The predicted molar refractivity (Wildman–Crippen MR) is 35.3 cm³/mol. The fourth-order valence-electron chi connectivity index (χ4n) is 0.483. The zero-order valence-electron chi connectivity index (χ0n) is 5.39. The third-order valence-electron chi connectivity index (χ3n) is 0.911. The smallest absolute Gasteiger partial charge is 0.156 e. The zero-order valence-corrected chi connectivity index (χ0v) is 4.39. The first-order valence-electron chi connectivity index (χ1n) is 2.86. The molecule has 0 bridgehead atoms. The van der Waals surface area contributed by atoms with Gasteiger partial charge in [-0.05, 0) is 24.3 Å². The summed E-state index contributed by atoms with van der Waals surface area (Å²) in [6, 6.07) is 7.00. The second-order valence-electron chi connectivity index (χ2n) is 1.62. The maximum Gasteiger partial charge on any atom is 0.156 e. The van der Waals surface area contributed by atoms with E-state index in [1.807, 2.05) is 0 Å². The fraction of sp³-hybridized carbons (Fsp3) is 0. The molecule has 4 N–H and O–H groups in total. The molecule has 2 nitrogen and oxygen atoms in total. The summed E-state index contributed by atoms with van der Waals surface area (Å²) in [4.78, 5) is 0. The molecule has 0 aliphatic rings. The third kappa shape index (κ3) is 0.904. The molecule has 1 aromatic rings. The Bertz CT molecular complexity index is 183. The van der Waals surface area contributed by atoms with Crippen LogP contribution in [-0.4, -0.2) is 0 Å². The highest BCUT2D eigenvalue weighted by atomic mass is 14.6. The van der Waals surface area contributed by atoms with Gasteiger partial charge in [0.1, 0.15) is 0 Å². The van der Waals surface area contributed by atoms with Crippen molar-refractivity contribution in [2.24, 2.45) is 0 Å². The Morgan fingerprint density at radius 1 is 1.12 bits per heavy atom. The summed E-state index contributed by atoms with van der Waals surface area (Å²) in [5.41, 5.74) is 9.11. The molecule has 0 fully saturated rings. The van der Waals surface area contributed by atoms with Crippen LogP contribution in [0, 0.1) is 0 Å². The van der Waals surface area contributed by atoms with Crippen molar-refractivity contribution in [1.29, 1.82) is 0 Å². The highest BCUT2D eigenvalue weighted by Crippen LogP contribution is 2.04. The normalized spacial score (nSPS) is 10.2. The van der Waals surface area contributed by atoms with Crippen molar-refractivity contribution in [3.8, 4) is 0 Å². The maximum absolute atomic E-state index is 6.72. The van der Waals surface area contributed by atoms with E-state index in [0.29, 0.717) is 5.69 Å². The molecule has 1 aromatic carbocycles. The topological polar surface area (TPSA) is 52.0 Å². The van der Waals surface area contributed by atoms with Crippen LogP contribution < -0.4 is 11.5 Å². The van der Waals surface area contributed by atoms with E-state index < -0.39 is 0 Å². The van der Waals surface area contributed by atoms with Gasteiger partial charge in [0.25, 0.3) is 0 Å². The Balaban J connectivity index is 2.88. The van der Waals surface area contributed by atoms with Crippen molar-refractivity contribution in [3.05, 3.63) is 24.3 Å². The van der Waals surface area contributed by atoms with Crippen LogP contribution in [0.1, 0.15) is 0 Å². The van der Waals surface area contributed by atoms with Gasteiger partial charge in [-0.3, -0.25) is 0 Å². The van der Waals surface area contributed by atoms with Gasteiger partial charge in [0.2, 0.25) is 0 Å². The molecule has 8 heavy (non-hydrogen) atoms. The lowest BCUT2D eigenvalue weighted by molar-refractivity contribution is 1.67. The molecule has 0 aromatic heterocycles. The molecule has 0 heterocycles. The summed E-state index contributed by atoms with van der Waals surface area (Å²) in [5.74, 6) is 0. The van der Waals surface area contributed by atoms with E-state index in [1.165, 1.54) is 0 Å². The number of hydrogen-bond acceptors (Lipinski definition) is 2. The Morgan fingerprint density at radius 2 is 1.62 bits per heavy atom. The first kappa shape index (κ1) is 3.78. The van der Waals surface area contributed by atoms with Gasteiger partial charge in [-0.15, -0.1) is 0 Å². The van der Waals surface area contributed by atoms with Gasteiger partial charge in [-0.25, -0.2) is 0 Å². The number of nitrogen functional groups attached to an aromatic ring is 2. The van der Waals surface area contributed by atoms with Crippen LogP contribution in [0.25, 0.3) is 0 Å². The number of hydrogen-bond donors (Lipinski definition) is 2. The van der Waals surface area contributed by atoms with Crippen LogP contribution >= 0.6 is 0 Å². The van der Waals surface area contributed by atoms with Crippen LogP contribution in [0.2, 0.25) is 1.41 Å². The summed E-state index contributed by atoms with van der Waals surface area (Å²) in [5, 5.41) is 0. The van der Waals surface area contributed by atoms with E-state index in [1.54, 1.807) is 24.3 Å². The number of nitrogens with two attached hydrogens (primary N) is 2. The summed E-state index contributed by atoms with van der Waals surface area (Å²) >= 11 is 0. The van der Waals surface area contributed by atoms with Crippen LogP contribution in [0.15, 0.2) is 24.3 Å². The van der Waals surface area contributed by atoms with Crippen LogP contribution in [0.4, 0.5) is 11.4 Å². The molecule has 0 atom stereocenters. The molecule has 0 aliphatic carbocycles. The fourth-order valence-corrected chi connectivity index (χ4v) is 0.483. The van der Waals surface area contributed by atoms with Crippen molar-refractivity contribution in [3.63, 3.8) is 0 Å². The third-order valence-corrected chi connectivity index (χ3v) is 0.911.